The molecule has 0 fully saturated rings. The first kappa shape index (κ1) is 12.3. The average molecular weight is 268 g/mol. The van der Waals surface area contributed by atoms with E-state index in [1.165, 1.54) is 6.20 Å². The monoisotopic (exact) mass is 268 g/mol. The molecule has 20 heavy (non-hydrogen) atoms. The van der Waals surface area contributed by atoms with Gasteiger partial charge >= 0.3 is 6.03 Å². The molecule has 0 aromatic heterocycles. The molecule has 100 valence electrons. The van der Waals surface area contributed by atoms with E-state index < -0.39 is 12.1 Å². The lowest BCUT2D eigenvalue weighted by Gasteiger charge is -2.26. The van der Waals surface area contributed by atoms with Crippen molar-refractivity contribution in [1.29, 1.82) is 0 Å². The van der Waals surface area contributed by atoms with Crippen molar-refractivity contribution in [2.24, 2.45) is 0 Å². The van der Waals surface area contributed by atoms with Crippen molar-refractivity contribution >= 4 is 17.6 Å². The summed E-state index contributed by atoms with van der Waals surface area (Å²) in [7, 11) is 0. The highest BCUT2D eigenvalue weighted by Gasteiger charge is 2.44. The van der Waals surface area contributed by atoms with Crippen LogP contribution < -0.4 is 5.32 Å². The van der Waals surface area contributed by atoms with Gasteiger partial charge in [-0.05, 0) is 19.1 Å². The van der Waals surface area contributed by atoms with Crippen molar-refractivity contribution in [3.05, 3.63) is 59.4 Å². The number of carbonyl (C=O) groups is 3. The summed E-state index contributed by atoms with van der Waals surface area (Å²) < 4.78 is 0. The second-order valence-electron chi connectivity index (χ2n) is 4.86. The van der Waals surface area contributed by atoms with Crippen molar-refractivity contribution in [3.8, 4) is 0 Å². The van der Waals surface area contributed by atoms with Gasteiger partial charge in [0.25, 0.3) is 0 Å². The molecule has 1 atom stereocenters. The highest BCUT2D eigenvalue weighted by Crippen LogP contribution is 2.27. The Bertz CT molecular complexity index is 703. The van der Waals surface area contributed by atoms with Gasteiger partial charge in [0.1, 0.15) is 0 Å². The van der Waals surface area contributed by atoms with Crippen LogP contribution in [0, 0.1) is 6.92 Å². The lowest BCUT2D eigenvalue weighted by Crippen LogP contribution is -2.49. The fraction of sp³-hybridized carbons (Fsp3) is 0.133. The normalized spacial score (nSPS) is 21.2. The number of allylic oxidation sites excluding steroid dienone is 1. The summed E-state index contributed by atoms with van der Waals surface area (Å²) in [5.74, 6) is -0.696. The summed E-state index contributed by atoms with van der Waals surface area (Å²) in [6, 6.07) is 3.46. The molecule has 1 unspecified atom stereocenters. The van der Waals surface area contributed by atoms with E-state index in [9.17, 15) is 14.4 Å². The van der Waals surface area contributed by atoms with Gasteiger partial charge in [0, 0.05) is 23.0 Å². The molecule has 2 aliphatic rings. The molecular weight excluding hydrogens is 256 g/mol. The predicted molar refractivity (Wildman–Crippen MR) is 72.3 cm³/mol. The second kappa shape index (κ2) is 4.16. The largest absolute Gasteiger partial charge is 0.326 e. The Morgan fingerprint density at radius 2 is 1.85 bits per heavy atom. The van der Waals surface area contributed by atoms with Crippen LogP contribution in [0.4, 0.5) is 4.79 Å². The standard InChI is InChI=1S/C15H12N2O3/c1-8-3-4-10-11(7-8)14(19)12(13(10)18)17-6-5-9(2)16-15(17)20/h3-7,12H,2H2,1H3,(H,16,20). The van der Waals surface area contributed by atoms with Gasteiger partial charge in [-0.15, -0.1) is 0 Å². The first-order valence-corrected chi connectivity index (χ1v) is 6.14. The number of urea groups is 1. The second-order valence-corrected chi connectivity index (χ2v) is 4.86. The Morgan fingerprint density at radius 3 is 2.55 bits per heavy atom. The maximum Gasteiger partial charge on any atom is 0.326 e. The number of Topliss-reactive ketones (excluding diaryl/α,β-unsaturated/α-hetero) is 2. The molecule has 2 amide bonds. The fourth-order valence-electron chi connectivity index (χ4n) is 2.43. The van der Waals surface area contributed by atoms with Crippen molar-refractivity contribution in [1.82, 2.24) is 10.2 Å². The Kier molecular flexibility index (Phi) is 2.57. The molecule has 5 heteroatoms. The van der Waals surface area contributed by atoms with E-state index in [0.29, 0.717) is 16.8 Å². The summed E-state index contributed by atoms with van der Waals surface area (Å²) in [6.45, 7) is 5.45. The molecule has 3 rings (SSSR count). The number of hydrogen-bond donors (Lipinski definition) is 1. The summed E-state index contributed by atoms with van der Waals surface area (Å²) >= 11 is 0. The first-order valence-electron chi connectivity index (χ1n) is 6.14. The lowest BCUT2D eigenvalue weighted by molar-refractivity contribution is 0.0802. The fourth-order valence-corrected chi connectivity index (χ4v) is 2.43. The van der Waals surface area contributed by atoms with Crippen LogP contribution >= 0.6 is 0 Å². The van der Waals surface area contributed by atoms with Crippen LogP contribution in [0.15, 0.2) is 42.8 Å². The van der Waals surface area contributed by atoms with Gasteiger partial charge in [0.15, 0.2) is 17.6 Å². The van der Waals surface area contributed by atoms with E-state index in [-0.39, 0.29) is 11.6 Å². The van der Waals surface area contributed by atoms with E-state index in [1.54, 1.807) is 24.3 Å². The number of aryl methyl sites for hydroxylation is 1. The number of benzene rings is 1. The summed E-state index contributed by atoms with van der Waals surface area (Å²) in [4.78, 5) is 37.8. The topological polar surface area (TPSA) is 66.5 Å². The Labute approximate surface area is 115 Å². The van der Waals surface area contributed by atoms with E-state index in [2.05, 4.69) is 11.9 Å². The van der Waals surface area contributed by atoms with Crippen molar-refractivity contribution in [2.75, 3.05) is 0 Å². The number of nitrogens with one attached hydrogen (secondary N) is 1. The third-order valence-corrected chi connectivity index (χ3v) is 3.42. The Hall–Kier alpha value is -2.69. The quantitative estimate of drug-likeness (QED) is 0.790. The zero-order valence-corrected chi connectivity index (χ0v) is 10.8. The summed E-state index contributed by atoms with van der Waals surface area (Å²) in [5, 5.41) is 2.49. The van der Waals surface area contributed by atoms with Crippen molar-refractivity contribution in [3.63, 3.8) is 0 Å². The molecule has 1 aliphatic heterocycles. The van der Waals surface area contributed by atoms with E-state index in [1.807, 2.05) is 6.92 Å². The third-order valence-electron chi connectivity index (χ3n) is 3.42. The molecule has 0 bridgehead atoms. The molecule has 1 aliphatic carbocycles. The molecule has 0 saturated heterocycles. The maximum atomic E-state index is 12.4. The van der Waals surface area contributed by atoms with E-state index in [4.69, 9.17) is 0 Å². The van der Waals surface area contributed by atoms with Crippen LogP contribution in [0.2, 0.25) is 0 Å². The molecule has 1 N–H and O–H groups in total. The highest BCUT2D eigenvalue weighted by atomic mass is 16.2. The van der Waals surface area contributed by atoms with Crippen molar-refractivity contribution < 1.29 is 14.4 Å². The molecule has 5 nitrogen and oxygen atoms in total. The highest BCUT2D eigenvalue weighted by molar-refractivity contribution is 6.30. The van der Waals surface area contributed by atoms with Gasteiger partial charge < -0.3 is 5.32 Å². The van der Waals surface area contributed by atoms with Gasteiger partial charge in [-0.3, -0.25) is 14.5 Å². The summed E-state index contributed by atoms with van der Waals surface area (Å²) in [6.07, 6.45) is 2.97. The number of nitrogens with zero attached hydrogens (tertiary/aromatic N) is 1. The Balaban J connectivity index is 2.04. The number of rotatable bonds is 1. The van der Waals surface area contributed by atoms with Crippen LogP contribution in [0.1, 0.15) is 26.3 Å². The SMILES string of the molecule is C=C1C=CN(C2C(=O)c3ccc(C)cc3C2=O)C(=O)N1. The number of ketones is 2. The van der Waals surface area contributed by atoms with Gasteiger partial charge in [-0.25, -0.2) is 4.79 Å². The first-order chi connectivity index (χ1) is 9.49. The maximum absolute atomic E-state index is 12.4. The zero-order valence-electron chi connectivity index (χ0n) is 10.8. The van der Waals surface area contributed by atoms with E-state index >= 15 is 0 Å². The summed E-state index contributed by atoms with van der Waals surface area (Å²) in [5.41, 5.74) is 2.08. The number of amides is 2. The minimum absolute atomic E-state index is 0.346. The van der Waals surface area contributed by atoms with Crippen LogP contribution in [0.5, 0.6) is 0 Å². The van der Waals surface area contributed by atoms with E-state index in [0.717, 1.165) is 10.5 Å². The number of fused-ring (bicyclic) bond motifs is 1. The smallest absolute Gasteiger partial charge is 0.308 e. The van der Waals surface area contributed by atoms with Crippen LogP contribution in [-0.4, -0.2) is 28.5 Å². The number of carbonyl (C=O) groups excluding carboxylic acids is 3. The van der Waals surface area contributed by atoms with Crippen molar-refractivity contribution in [2.45, 2.75) is 13.0 Å². The van der Waals surface area contributed by atoms with Gasteiger partial charge in [0.2, 0.25) is 0 Å². The molecule has 0 spiro atoms. The molecule has 1 aromatic carbocycles. The average Bonchev–Trinajstić information content (AvgIpc) is 2.63. The zero-order chi connectivity index (χ0) is 14.4. The predicted octanol–water partition coefficient (Wildman–Crippen LogP) is 1.80. The van der Waals surface area contributed by atoms with Crippen LogP contribution in [0.25, 0.3) is 0 Å². The molecule has 1 aromatic rings. The minimum atomic E-state index is -1.11. The number of hydrogen-bond acceptors (Lipinski definition) is 3. The van der Waals surface area contributed by atoms with Gasteiger partial charge in [-0.1, -0.05) is 24.3 Å². The van der Waals surface area contributed by atoms with Gasteiger partial charge in [-0.2, -0.15) is 0 Å². The minimum Gasteiger partial charge on any atom is -0.308 e. The molecule has 0 radical (unpaired) electrons. The van der Waals surface area contributed by atoms with Gasteiger partial charge in [0.05, 0.1) is 0 Å². The Morgan fingerprint density at radius 1 is 1.15 bits per heavy atom. The van der Waals surface area contributed by atoms with Crippen LogP contribution in [0.3, 0.4) is 0 Å². The lowest BCUT2D eigenvalue weighted by atomic mass is 10.1. The molecule has 1 heterocycles. The third kappa shape index (κ3) is 1.67. The molecule has 0 saturated carbocycles. The van der Waals surface area contributed by atoms with Crippen LogP contribution in [-0.2, 0) is 0 Å². The molecular formula is C15H12N2O3.